The van der Waals surface area contributed by atoms with E-state index in [2.05, 4.69) is 15.5 Å². The predicted octanol–water partition coefficient (Wildman–Crippen LogP) is 5.53. The van der Waals surface area contributed by atoms with Crippen molar-refractivity contribution in [3.8, 4) is 22.5 Å². The van der Waals surface area contributed by atoms with Gasteiger partial charge in [0.25, 0.3) is 0 Å². The molecule has 0 fully saturated rings. The number of nitrogens with one attached hydrogen (secondary N) is 2. The molecule has 33 heavy (non-hydrogen) atoms. The lowest BCUT2D eigenvalue weighted by molar-refractivity contribution is -0.131. The molecule has 0 saturated carbocycles. The number of hydrogen-bond donors (Lipinski definition) is 3. The Morgan fingerprint density at radius 2 is 1.76 bits per heavy atom. The van der Waals surface area contributed by atoms with Gasteiger partial charge in [0.2, 0.25) is 0 Å². The fraction of sp³-hybridized carbons (Fsp3) is 0. The summed E-state index contributed by atoms with van der Waals surface area (Å²) >= 11 is 0. The Bertz CT molecular complexity index is 1460. The van der Waals surface area contributed by atoms with Crippen LogP contribution in [0.2, 0.25) is 0 Å². The van der Waals surface area contributed by atoms with Crippen LogP contribution in [0.5, 0.6) is 0 Å². The van der Waals surface area contributed by atoms with Gasteiger partial charge in [0.05, 0.1) is 11.7 Å². The molecule has 7 heteroatoms. The topological polar surface area (TPSA) is 104 Å². The standard InChI is InChI=1S/C26H19N5O2/c32-24(33)13-8-17-4-3-5-19(14-17)25-30-23-7-2-1-6-22(23)26(31-25)29-21-11-9-18(10-12-21)20-15-27-28-16-20/h1-16H,(H,27,28)(H,32,33)(H,29,30,31)/b13-8+. The summed E-state index contributed by atoms with van der Waals surface area (Å²) in [4.78, 5) is 20.4. The summed E-state index contributed by atoms with van der Waals surface area (Å²) in [5.41, 5.74) is 5.35. The highest BCUT2D eigenvalue weighted by molar-refractivity contribution is 5.92. The van der Waals surface area contributed by atoms with Gasteiger partial charge in [-0.2, -0.15) is 5.10 Å². The Labute approximate surface area is 189 Å². The summed E-state index contributed by atoms with van der Waals surface area (Å²) < 4.78 is 0. The molecule has 5 rings (SSSR count). The minimum absolute atomic E-state index is 0.553. The second-order valence-corrected chi connectivity index (χ2v) is 7.40. The van der Waals surface area contributed by atoms with Crippen LogP contribution in [-0.2, 0) is 4.79 Å². The number of nitrogens with zero attached hydrogens (tertiary/aromatic N) is 3. The summed E-state index contributed by atoms with van der Waals surface area (Å²) in [5, 5.41) is 20.0. The third-order valence-corrected chi connectivity index (χ3v) is 5.15. The van der Waals surface area contributed by atoms with Crippen molar-refractivity contribution in [1.82, 2.24) is 20.2 Å². The molecule has 0 spiro atoms. The van der Waals surface area contributed by atoms with Crippen molar-refractivity contribution in [2.45, 2.75) is 0 Å². The second-order valence-electron chi connectivity index (χ2n) is 7.40. The lowest BCUT2D eigenvalue weighted by Gasteiger charge is -2.12. The van der Waals surface area contributed by atoms with Crippen molar-refractivity contribution in [2.75, 3.05) is 5.32 Å². The first-order chi connectivity index (χ1) is 16.2. The van der Waals surface area contributed by atoms with E-state index in [-0.39, 0.29) is 0 Å². The van der Waals surface area contributed by atoms with Crippen molar-refractivity contribution < 1.29 is 9.90 Å². The van der Waals surface area contributed by atoms with Crippen LogP contribution in [-0.4, -0.2) is 31.2 Å². The highest BCUT2D eigenvalue weighted by Gasteiger charge is 2.10. The summed E-state index contributed by atoms with van der Waals surface area (Å²) in [7, 11) is 0. The maximum atomic E-state index is 10.9. The molecule has 0 aliphatic carbocycles. The Kier molecular flexibility index (Phi) is 5.35. The van der Waals surface area contributed by atoms with Crippen LogP contribution in [0.25, 0.3) is 39.5 Å². The van der Waals surface area contributed by atoms with E-state index in [1.54, 1.807) is 12.3 Å². The molecule has 2 heterocycles. The van der Waals surface area contributed by atoms with Gasteiger partial charge in [0.1, 0.15) is 5.82 Å². The molecule has 0 atom stereocenters. The number of fused-ring (bicyclic) bond motifs is 1. The van der Waals surface area contributed by atoms with Gasteiger partial charge in [-0.3, -0.25) is 5.10 Å². The molecule has 2 aromatic heterocycles. The smallest absolute Gasteiger partial charge is 0.328 e. The van der Waals surface area contributed by atoms with Gasteiger partial charge in [-0.1, -0.05) is 42.5 Å². The number of H-pyrrole nitrogens is 1. The zero-order chi connectivity index (χ0) is 22.6. The minimum Gasteiger partial charge on any atom is -0.478 e. The highest BCUT2D eigenvalue weighted by atomic mass is 16.4. The van der Waals surface area contributed by atoms with E-state index in [4.69, 9.17) is 15.1 Å². The molecule has 3 aromatic carbocycles. The number of para-hydroxylation sites is 1. The van der Waals surface area contributed by atoms with Gasteiger partial charge >= 0.3 is 5.97 Å². The summed E-state index contributed by atoms with van der Waals surface area (Å²) in [6.07, 6.45) is 6.30. The third kappa shape index (κ3) is 4.47. The van der Waals surface area contributed by atoms with Crippen molar-refractivity contribution >= 4 is 34.5 Å². The third-order valence-electron chi connectivity index (χ3n) is 5.15. The lowest BCUT2D eigenvalue weighted by Crippen LogP contribution is -1.99. The molecule has 0 unspecified atom stereocenters. The van der Waals surface area contributed by atoms with E-state index < -0.39 is 5.97 Å². The summed E-state index contributed by atoms with van der Waals surface area (Å²) in [6, 6.07) is 23.3. The Hall–Kier alpha value is -4.78. The first-order valence-corrected chi connectivity index (χ1v) is 10.3. The monoisotopic (exact) mass is 433 g/mol. The van der Waals surface area contributed by atoms with Gasteiger partial charge in [0, 0.05) is 34.5 Å². The van der Waals surface area contributed by atoms with Crippen LogP contribution in [0.1, 0.15) is 5.56 Å². The molecule has 7 nitrogen and oxygen atoms in total. The molecule has 0 bridgehead atoms. The van der Waals surface area contributed by atoms with Gasteiger partial charge in [0.15, 0.2) is 5.82 Å². The fourth-order valence-electron chi connectivity index (χ4n) is 3.54. The largest absolute Gasteiger partial charge is 0.478 e. The number of carbonyl (C=O) groups is 1. The number of carboxylic acids is 1. The van der Waals surface area contributed by atoms with Crippen LogP contribution in [0, 0.1) is 0 Å². The highest BCUT2D eigenvalue weighted by Crippen LogP contribution is 2.29. The molecular formula is C26H19N5O2. The van der Waals surface area contributed by atoms with Crippen LogP contribution >= 0.6 is 0 Å². The average molecular weight is 433 g/mol. The average Bonchev–Trinajstić information content (AvgIpc) is 3.38. The minimum atomic E-state index is -0.993. The Morgan fingerprint density at radius 3 is 2.55 bits per heavy atom. The van der Waals surface area contributed by atoms with E-state index in [0.29, 0.717) is 11.6 Å². The Balaban J connectivity index is 1.52. The number of anilines is 2. The number of aromatic nitrogens is 4. The SMILES string of the molecule is O=C(O)/C=C/c1cccc(-c2nc(Nc3ccc(-c4cn[nH]c4)cc3)c3ccccc3n2)c1. The van der Waals surface area contributed by atoms with Gasteiger partial charge in [-0.25, -0.2) is 14.8 Å². The molecule has 3 N–H and O–H groups in total. The number of aliphatic carboxylic acids is 1. The van der Waals surface area contributed by atoms with E-state index >= 15 is 0 Å². The molecule has 0 radical (unpaired) electrons. The van der Waals surface area contributed by atoms with Crippen molar-refractivity contribution in [1.29, 1.82) is 0 Å². The summed E-state index contributed by atoms with van der Waals surface area (Å²) in [6.45, 7) is 0. The molecule has 0 saturated heterocycles. The lowest BCUT2D eigenvalue weighted by atomic mass is 10.1. The van der Waals surface area contributed by atoms with Crippen molar-refractivity contribution in [3.05, 3.63) is 96.8 Å². The van der Waals surface area contributed by atoms with Crippen LogP contribution in [0.4, 0.5) is 11.5 Å². The number of aromatic amines is 1. The van der Waals surface area contributed by atoms with Gasteiger partial charge in [-0.15, -0.1) is 0 Å². The van der Waals surface area contributed by atoms with Crippen LogP contribution < -0.4 is 5.32 Å². The first-order valence-electron chi connectivity index (χ1n) is 10.3. The number of hydrogen-bond acceptors (Lipinski definition) is 5. The molecule has 0 aliphatic rings. The second kappa shape index (κ2) is 8.76. The predicted molar refractivity (Wildman–Crippen MR) is 129 cm³/mol. The van der Waals surface area contributed by atoms with Crippen molar-refractivity contribution in [2.24, 2.45) is 0 Å². The molecular weight excluding hydrogens is 414 g/mol. The molecule has 0 amide bonds. The van der Waals surface area contributed by atoms with E-state index in [1.807, 2.05) is 79.0 Å². The van der Waals surface area contributed by atoms with Crippen LogP contribution in [0.15, 0.2) is 91.3 Å². The number of carboxylic acid groups (broad SMARTS) is 1. The fourth-order valence-corrected chi connectivity index (χ4v) is 3.54. The summed E-state index contributed by atoms with van der Waals surface area (Å²) in [5.74, 6) is 0.252. The molecule has 160 valence electrons. The molecule has 5 aromatic rings. The number of rotatable bonds is 6. The zero-order valence-corrected chi connectivity index (χ0v) is 17.4. The van der Waals surface area contributed by atoms with E-state index in [0.717, 1.165) is 44.9 Å². The first kappa shape index (κ1) is 20.1. The van der Waals surface area contributed by atoms with E-state index in [9.17, 15) is 4.79 Å². The van der Waals surface area contributed by atoms with Crippen molar-refractivity contribution in [3.63, 3.8) is 0 Å². The van der Waals surface area contributed by atoms with E-state index in [1.165, 1.54) is 0 Å². The zero-order valence-electron chi connectivity index (χ0n) is 17.4. The van der Waals surface area contributed by atoms with Gasteiger partial charge < -0.3 is 10.4 Å². The normalized spacial score (nSPS) is 11.2. The maximum Gasteiger partial charge on any atom is 0.328 e. The van der Waals surface area contributed by atoms with Gasteiger partial charge in [-0.05, 0) is 47.5 Å². The van der Waals surface area contributed by atoms with Crippen LogP contribution in [0.3, 0.4) is 0 Å². The number of benzene rings is 3. The Morgan fingerprint density at radius 1 is 0.909 bits per heavy atom. The molecule has 0 aliphatic heterocycles. The quantitative estimate of drug-likeness (QED) is 0.304. The maximum absolute atomic E-state index is 10.9.